The van der Waals surface area contributed by atoms with Crippen molar-refractivity contribution in [3.63, 3.8) is 0 Å². The lowest BCUT2D eigenvalue weighted by Gasteiger charge is -2.38. The highest BCUT2D eigenvalue weighted by Gasteiger charge is 2.27. The summed E-state index contributed by atoms with van der Waals surface area (Å²) >= 11 is 0. The van der Waals surface area contributed by atoms with Crippen LogP contribution >= 0.6 is 0 Å². The Balaban J connectivity index is 2.03. The Bertz CT molecular complexity index is 568. The molecule has 0 aromatic heterocycles. The maximum atomic E-state index is 12.0. The van der Waals surface area contributed by atoms with Gasteiger partial charge in [-0.15, -0.1) is 0 Å². The molecule has 1 saturated heterocycles. The fourth-order valence-electron chi connectivity index (χ4n) is 2.78. The van der Waals surface area contributed by atoms with Gasteiger partial charge in [0.05, 0.1) is 6.07 Å². The van der Waals surface area contributed by atoms with Crippen molar-refractivity contribution in [3.05, 3.63) is 29.8 Å². The fourth-order valence-corrected chi connectivity index (χ4v) is 2.78. The zero-order chi connectivity index (χ0) is 17.0. The summed E-state index contributed by atoms with van der Waals surface area (Å²) in [4.78, 5) is 19.6. The molecule has 1 aliphatic heterocycles. The number of hydrogen-bond donors (Lipinski definition) is 0. The summed E-state index contributed by atoms with van der Waals surface area (Å²) in [5, 5.41) is 9.58. The van der Waals surface area contributed by atoms with Gasteiger partial charge in [0.2, 0.25) is 0 Å². The molecular weight excluding hydrogens is 290 g/mol. The molecule has 0 aliphatic carbocycles. The van der Waals surface area contributed by atoms with Crippen LogP contribution in [0, 0.1) is 11.3 Å². The molecule has 1 aromatic carbocycles. The fraction of sp³-hybridized carbons (Fsp3) is 0.529. The molecule has 1 atom stereocenters. The van der Waals surface area contributed by atoms with Crippen LogP contribution in [-0.2, 0) is 0 Å². The second-order valence-electron chi connectivity index (χ2n) is 6.22. The van der Waals surface area contributed by atoms with E-state index < -0.39 is 0 Å². The molecule has 2 rings (SSSR count). The first-order valence-electron chi connectivity index (χ1n) is 7.81. The number of amides is 2. The third kappa shape index (κ3) is 3.93. The smallest absolute Gasteiger partial charge is 0.319 e. The van der Waals surface area contributed by atoms with E-state index in [2.05, 4.69) is 11.0 Å². The SMILES string of the molecule is CN(C)C(=O)N1CCN(C(C#N)c2ccc(N(C)C)cc2)CC1. The number of rotatable bonds is 3. The summed E-state index contributed by atoms with van der Waals surface area (Å²) < 4.78 is 0. The molecule has 1 fully saturated rings. The molecule has 6 heteroatoms. The average molecular weight is 315 g/mol. The van der Waals surface area contributed by atoms with Crippen molar-refractivity contribution < 1.29 is 4.79 Å². The van der Waals surface area contributed by atoms with E-state index in [1.165, 1.54) is 0 Å². The van der Waals surface area contributed by atoms with Crippen LogP contribution in [0.1, 0.15) is 11.6 Å². The van der Waals surface area contributed by atoms with Crippen LogP contribution in [0.4, 0.5) is 10.5 Å². The van der Waals surface area contributed by atoms with Crippen LogP contribution in [0.2, 0.25) is 0 Å². The monoisotopic (exact) mass is 315 g/mol. The van der Waals surface area contributed by atoms with Gasteiger partial charge >= 0.3 is 6.03 Å². The molecular formula is C17H25N5O. The largest absolute Gasteiger partial charge is 0.378 e. The highest BCUT2D eigenvalue weighted by Crippen LogP contribution is 2.24. The van der Waals surface area contributed by atoms with Crippen LogP contribution in [0.15, 0.2) is 24.3 Å². The minimum Gasteiger partial charge on any atom is -0.378 e. The number of carbonyl (C=O) groups is 1. The normalized spacial score (nSPS) is 16.6. The second-order valence-corrected chi connectivity index (χ2v) is 6.22. The second kappa shape index (κ2) is 7.34. The van der Waals surface area contributed by atoms with E-state index in [4.69, 9.17) is 0 Å². The van der Waals surface area contributed by atoms with Crippen LogP contribution < -0.4 is 4.90 Å². The summed E-state index contributed by atoms with van der Waals surface area (Å²) in [6.45, 7) is 2.75. The Morgan fingerprint density at radius 2 is 1.65 bits per heavy atom. The van der Waals surface area contributed by atoms with Crippen molar-refractivity contribution in [2.75, 3.05) is 59.3 Å². The molecule has 6 nitrogen and oxygen atoms in total. The average Bonchev–Trinajstić information content (AvgIpc) is 2.56. The van der Waals surface area contributed by atoms with Crippen LogP contribution in [0.25, 0.3) is 0 Å². The van der Waals surface area contributed by atoms with Crippen molar-refractivity contribution in [3.8, 4) is 6.07 Å². The van der Waals surface area contributed by atoms with Gasteiger partial charge in [0.25, 0.3) is 0 Å². The van der Waals surface area contributed by atoms with Gasteiger partial charge in [-0.2, -0.15) is 5.26 Å². The van der Waals surface area contributed by atoms with E-state index in [1.807, 2.05) is 48.2 Å². The lowest BCUT2D eigenvalue weighted by molar-refractivity contribution is 0.111. The predicted molar refractivity (Wildman–Crippen MR) is 91.4 cm³/mol. The highest BCUT2D eigenvalue weighted by atomic mass is 16.2. The first kappa shape index (κ1) is 17.1. The number of benzene rings is 1. The number of nitriles is 1. The Hall–Kier alpha value is -2.26. The standard InChI is InChI=1S/C17H25N5O/c1-19(2)15-7-5-14(6-8-15)16(13-18)21-9-11-22(12-10-21)17(23)20(3)4/h5-8,16H,9-12H2,1-4H3. The lowest BCUT2D eigenvalue weighted by atomic mass is 10.0. The van der Waals surface area contributed by atoms with Gasteiger partial charge in [-0.25, -0.2) is 4.79 Å². The number of anilines is 1. The van der Waals surface area contributed by atoms with Gasteiger partial charge in [0, 0.05) is 60.1 Å². The summed E-state index contributed by atoms with van der Waals surface area (Å²) in [6, 6.07) is 10.3. The van der Waals surface area contributed by atoms with Gasteiger partial charge in [0.1, 0.15) is 6.04 Å². The summed E-state index contributed by atoms with van der Waals surface area (Å²) in [5.41, 5.74) is 2.12. The molecule has 2 amide bonds. The summed E-state index contributed by atoms with van der Waals surface area (Å²) in [7, 11) is 7.52. The van der Waals surface area contributed by atoms with Crippen LogP contribution in [-0.4, -0.2) is 75.1 Å². The number of nitrogens with zero attached hydrogens (tertiary/aromatic N) is 5. The Kier molecular flexibility index (Phi) is 5.45. The molecule has 0 N–H and O–H groups in total. The van der Waals surface area contributed by atoms with E-state index in [0.717, 1.165) is 11.3 Å². The minimum atomic E-state index is -0.261. The molecule has 0 spiro atoms. The minimum absolute atomic E-state index is 0.0356. The maximum Gasteiger partial charge on any atom is 0.319 e. The maximum absolute atomic E-state index is 12.0. The number of carbonyl (C=O) groups excluding carboxylic acids is 1. The van der Waals surface area contributed by atoms with Gasteiger partial charge in [-0.3, -0.25) is 4.90 Å². The Labute approximate surface area is 138 Å². The topological polar surface area (TPSA) is 53.8 Å². The first-order valence-corrected chi connectivity index (χ1v) is 7.81. The van der Waals surface area contributed by atoms with E-state index in [0.29, 0.717) is 26.2 Å². The highest BCUT2D eigenvalue weighted by molar-refractivity contribution is 5.73. The zero-order valence-electron chi connectivity index (χ0n) is 14.4. The molecule has 23 heavy (non-hydrogen) atoms. The van der Waals surface area contributed by atoms with Gasteiger partial charge in [0.15, 0.2) is 0 Å². The Morgan fingerprint density at radius 3 is 2.09 bits per heavy atom. The summed E-state index contributed by atoms with van der Waals surface area (Å²) in [6.07, 6.45) is 0. The number of piperazine rings is 1. The number of urea groups is 1. The lowest BCUT2D eigenvalue weighted by Crippen LogP contribution is -2.52. The summed E-state index contributed by atoms with van der Waals surface area (Å²) in [5.74, 6) is 0. The van der Waals surface area contributed by atoms with Gasteiger partial charge < -0.3 is 14.7 Å². The Morgan fingerprint density at radius 1 is 1.09 bits per heavy atom. The van der Waals surface area contributed by atoms with E-state index in [9.17, 15) is 10.1 Å². The molecule has 1 unspecified atom stereocenters. The zero-order valence-corrected chi connectivity index (χ0v) is 14.4. The number of hydrogen-bond acceptors (Lipinski definition) is 4. The van der Waals surface area contributed by atoms with Crippen molar-refractivity contribution in [2.45, 2.75) is 6.04 Å². The molecule has 0 bridgehead atoms. The third-order valence-corrected chi connectivity index (χ3v) is 4.18. The first-order chi connectivity index (χ1) is 10.9. The molecule has 0 saturated carbocycles. The van der Waals surface area contributed by atoms with Crippen molar-refractivity contribution in [2.24, 2.45) is 0 Å². The quantitative estimate of drug-likeness (QED) is 0.850. The van der Waals surface area contributed by atoms with Gasteiger partial charge in [-0.1, -0.05) is 12.1 Å². The molecule has 1 aromatic rings. The molecule has 1 aliphatic rings. The van der Waals surface area contributed by atoms with Crippen LogP contribution in [0.5, 0.6) is 0 Å². The predicted octanol–water partition coefficient (Wildman–Crippen LogP) is 1.62. The van der Waals surface area contributed by atoms with Crippen molar-refractivity contribution >= 4 is 11.7 Å². The van der Waals surface area contributed by atoms with E-state index in [1.54, 1.807) is 19.0 Å². The molecule has 124 valence electrons. The third-order valence-electron chi connectivity index (χ3n) is 4.18. The van der Waals surface area contributed by atoms with E-state index in [-0.39, 0.29) is 12.1 Å². The van der Waals surface area contributed by atoms with Gasteiger partial charge in [-0.05, 0) is 17.7 Å². The van der Waals surface area contributed by atoms with Crippen molar-refractivity contribution in [1.29, 1.82) is 5.26 Å². The molecule has 0 radical (unpaired) electrons. The van der Waals surface area contributed by atoms with E-state index >= 15 is 0 Å². The molecule has 1 heterocycles. The van der Waals surface area contributed by atoms with Crippen molar-refractivity contribution in [1.82, 2.24) is 14.7 Å². The van der Waals surface area contributed by atoms with Crippen LogP contribution in [0.3, 0.4) is 0 Å².